The normalized spacial score (nSPS) is 18.4. The molecule has 0 spiro atoms. The molecule has 0 bridgehead atoms. The summed E-state index contributed by atoms with van der Waals surface area (Å²) in [6.07, 6.45) is 3.98. The summed E-state index contributed by atoms with van der Waals surface area (Å²) >= 11 is 6.03. The Bertz CT molecular complexity index is 519. The Labute approximate surface area is 130 Å². The number of carbonyl (C=O) groups excluding carboxylic acids is 2. The third-order valence-corrected chi connectivity index (χ3v) is 4.32. The lowest BCUT2D eigenvalue weighted by molar-refractivity contribution is -0.148. The molecule has 1 fully saturated rings. The van der Waals surface area contributed by atoms with Gasteiger partial charge in [-0.05, 0) is 37.3 Å². The summed E-state index contributed by atoms with van der Waals surface area (Å²) in [4.78, 5) is 26.0. The molecule has 114 valence electrons. The first-order valence-corrected chi connectivity index (χ1v) is 7.83. The summed E-state index contributed by atoms with van der Waals surface area (Å²) in [6, 6.07) is 7.48. The number of nitrogens with one attached hydrogen (secondary N) is 1. The lowest BCUT2D eigenvalue weighted by Gasteiger charge is -2.34. The largest absolute Gasteiger partial charge is 0.344 e. The minimum atomic E-state index is -0.546. The number of carbonyl (C=O) groups is 2. The number of nitrogens with zero attached hydrogens (tertiary/aromatic N) is 1. The van der Waals surface area contributed by atoms with E-state index >= 15 is 0 Å². The quantitative estimate of drug-likeness (QED) is 0.873. The van der Waals surface area contributed by atoms with Gasteiger partial charge in [0.15, 0.2) is 0 Å². The summed E-state index contributed by atoms with van der Waals surface area (Å²) in [5.41, 5.74) is 0.811. The fraction of sp³-hybridized carbons (Fsp3) is 0.500. The second-order valence-electron chi connectivity index (χ2n) is 5.33. The van der Waals surface area contributed by atoms with Crippen molar-refractivity contribution in [3.05, 3.63) is 34.9 Å². The molecule has 1 aliphatic rings. The highest BCUT2D eigenvalue weighted by Gasteiger charge is 2.29. The van der Waals surface area contributed by atoms with Crippen molar-refractivity contribution in [2.75, 3.05) is 6.54 Å². The van der Waals surface area contributed by atoms with E-state index in [1.807, 2.05) is 18.2 Å². The monoisotopic (exact) mass is 308 g/mol. The highest BCUT2D eigenvalue weighted by atomic mass is 35.5. The predicted molar refractivity (Wildman–Crippen MR) is 82.9 cm³/mol. The van der Waals surface area contributed by atoms with Crippen molar-refractivity contribution in [2.45, 2.75) is 45.2 Å². The number of hydrogen-bond donors (Lipinski definition) is 1. The van der Waals surface area contributed by atoms with Gasteiger partial charge < -0.3 is 10.2 Å². The Kier molecular flexibility index (Phi) is 5.62. The molecule has 21 heavy (non-hydrogen) atoms. The van der Waals surface area contributed by atoms with Crippen LogP contribution in [0.15, 0.2) is 24.3 Å². The van der Waals surface area contributed by atoms with Gasteiger partial charge in [0.25, 0.3) is 0 Å². The first kappa shape index (κ1) is 15.8. The van der Waals surface area contributed by atoms with Crippen LogP contribution < -0.4 is 5.32 Å². The lowest BCUT2D eigenvalue weighted by atomic mass is 10.00. The summed E-state index contributed by atoms with van der Waals surface area (Å²) in [6.45, 7) is 3.00. The van der Waals surface area contributed by atoms with Crippen molar-refractivity contribution < 1.29 is 9.59 Å². The minimum absolute atomic E-state index is 0.192. The van der Waals surface area contributed by atoms with Crippen LogP contribution in [0.5, 0.6) is 0 Å². The van der Waals surface area contributed by atoms with Gasteiger partial charge in [-0.1, -0.05) is 36.7 Å². The standard InChI is InChI=1S/C16H21ClN2O2/c1-2-13-8-5-6-10-19(13)16(21)15(20)18-11-12-7-3-4-9-14(12)17/h3-4,7,9,13H,2,5-6,8,10-11H2,1H3,(H,18,20). The number of rotatable bonds is 3. The summed E-state index contributed by atoms with van der Waals surface area (Å²) in [7, 11) is 0. The van der Waals surface area contributed by atoms with Gasteiger partial charge in [-0.25, -0.2) is 0 Å². The van der Waals surface area contributed by atoms with Crippen LogP contribution >= 0.6 is 11.6 Å². The number of hydrogen-bond acceptors (Lipinski definition) is 2. The van der Waals surface area contributed by atoms with Gasteiger partial charge in [0.2, 0.25) is 0 Å². The first-order chi connectivity index (χ1) is 10.1. The molecule has 0 aliphatic carbocycles. The zero-order valence-electron chi connectivity index (χ0n) is 12.3. The molecule has 1 aliphatic heterocycles. The fourth-order valence-electron chi connectivity index (χ4n) is 2.72. The van der Waals surface area contributed by atoms with E-state index in [0.717, 1.165) is 31.2 Å². The highest BCUT2D eigenvalue weighted by molar-refractivity contribution is 6.35. The van der Waals surface area contributed by atoms with Gasteiger partial charge in [0.05, 0.1) is 0 Å². The molecule has 2 amide bonds. The van der Waals surface area contributed by atoms with Crippen LogP contribution in [-0.2, 0) is 16.1 Å². The van der Waals surface area contributed by atoms with Crippen molar-refractivity contribution in [3.63, 3.8) is 0 Å². The van der Waals surface area contributed by atoms with Gasteiger partial charge >= 0.3 is 11.8 Å². The zero-order chi connectivity index (χ0) is 15.2. The molecule has 0 radical (unpaired) electrons. The average molecular weight is 309 g/mol. The van der Waals surface area contributed by atoms with Crippen LogP contribution in [0.3, 0.4) is 0 Å². The Morgan fingerprint density at radius 2 is 2.10 bits per heavy atom. The average Bonchev–Trinajstić information content (AvgIpc) is 2.53. The SMILES string of the molecule is CCC1CCCCN1C(=O)C(=O)NCc1ccccc1Cl. The molecular formula is C16H21ClN2O2. The Hall–Kier alpha value is -1.55. The van der Waals surface area contributed by atoms with Gasteiger partial charge in [-0.3, -0.25) is 9.59 Å². The molecular weight excluding hydrogens is 288 g/mol. The number of halogens is 1. The molecule has 1 aromatic carbocycles. The Morgan fingerprint density at radius 1 is 1.33 bits per heavy atom. The molecule has 5 heteroatoms. The third-order valence-electron chi connectivity index (χ3n) is 3.95. The van der Waals surface area contributed by atoms with Crippen molar-refractivity contribution >= 4 is 23.4 Å². The molecule has 1 atom stereocenters. The smallest absolute Gasteiger partial charge is 0.312 e. The van der Waals surface area contributed by atoms with Crippen LogP contribution in [0.4, 0.5) is 0 Å². The number of piperidine rings is 1. The highest BCUT2D eigenvalue weighted by Crippen LogP contribution is 2.19. The van der Waals surface area contributed by atoms with Crippen molar-refractivity contribution in [2.24, 2.45) is 0 Å². The Balaban J connectivity index is 1.93. The van der Waals surface area contributed by atoms with Crippen molar-refractivity contribution in [1.82, 2.24) is 10.2 Å². The number of benzene rings is 1. The maximum absolute atomic E-state index is 12.3. The van der Waals surface area contributed by atoms with E-state index in [1.54, 1.807) is 11.0 Å². The fourth-order valence-corrected chi connectivity index (χ4v) is 2.92. The molecule has 0 aromatic heterocycles. The molecule has 1 heterocycles. The molecule has 2 rings (SSSR count). The van der Waals surface area contributed by atoms with Crippen molar-refractivity contribution in [3.8, 4) is 0 Å². The van der Waals surface area contributed by atoms with Gasteiger partial charge in [-0.15, -0.1) is 0 Å². The summed E-state index contributed by atoms with van der Waals surface area (Å²) < 4.78 is 0. The maximum atomic E-state index is 12.3. The Morgan fingerprint density at radius 3 is 2.81 bits per heavy atom. The molecule has 0 saturated carbocycles. The van der Waals surface area contributed by atoms with Crippen LogP contribution in [-0.4, -0.2) is 29.3 Å². The molecule has 1 N–H and O–H groups in total. The van der Waals surface area contributed by atoms with E-state index in [1.165, 1.54) is 0 Å². The van der Waals surface area contributed by atoms with Gasteiger partial charge in [-0.2, -0.15) is 0 Å². The maximum Gasteiger partial charge on any atom is 0.312 e. The second-order valence-corrected chi connectivity index (χ2v) is 5.74. The molecule has 1 saturated heterocycles. The van der Waals surface area contributed by atoms with Gasteiger partial charge in [0, 0.05) is 24.2 Å². The third kappa shape index (κ3) is 3.97. The topological polar surface area (TPSA) is 49.4 Å². The number of amides is 2. The van der Waals surface area contributed by atoms with Crippen LogP contribution in [0, 0.1) is 0 Å². The van der Waals surface area contributed by atoms with Crippen LogP contribution in [0.1, 0.15) is 38.2 Å². The van der Waals surface area contributed by atoms with E-state index in [0.29, 0.717) is 11.6 Å². The predicted octanol–water partition coefficient (Wildman–Crippen LogP) is 2.75. The second kappa shape index (κ2) is 7.46. The molecule has 1 unspecified atom stereocenters. The van der Waals surface area contributed by atoms with Crippen LogP contribution in [0.2, 0.25) is 5.02 Å². The van der Waals surface area contributed by atoms with Crippen LogP contribution in [0.25, 0.3) is 0 Å². The van der Waals surface area contributed by atoms with E-state index in [4.69, 9.17) is 11.6 Å². The zero-order valence-corrected chi connectivity index (χ0v) is 13.0. The van der Waals surface area contributed by atoms with E-state index in [2.05, 4.69) is 12.2 Å². The van der Waals surface area contributed by atoms with Gasteiger partial charge in [0.1, 0.15) is 0 Å². The van der Waals surface area contributed by atoms with E-state index in [9.17, 15) is 9.59 Å². The number of likely N-dealkylation sites (tertiary alicyclic amines) is 1. The van der Waals surface area contributed by atoms with Crippen molar-refractivity contribution in [1.29, 1.82) is 0 Å². The lowest BCUT2D eigenvalue weighted by Crippen LogP contribution is -2.49. The molecule has 1 aromatic rings. The minimum Gasteiger partial charge on any atom is -0.344 e. The summed E-state index contributed by atoms with van der Waals surface area (Å²) in [5.74, 6) is -0.969. The van der Waals surface area contributed by atoms with E-state index < -0.39 is 11.8 Å². The first-order valence-electron chi connectivity index (χ1n) is 7.45. The van der Waals surface area contributed by atoms with E-state index in [-0.39, 0.29) is 12.6 Å². The summed E-state index contributed by atoms with van der Waals surface area (Å²) in [5, 5.41) is 3.26. The molecule has 4 nitrogen and oxygen atoms in total.